The second-order valence-electron chi connectivity index (χ2n) is 7.70. The first kappa shape index (κ1) is 19.7. The molecule has 1 aliphatic rings. The van der Waals surface area contributed by atoms with Gasteiger partial charge in [-0.3, -0.25) is 4.79 Å². The summed E-state index contributed by atoms with van der Waals surface area (Å²) < 4.78 is -0.410. The molecule has 0 bridgehead atoms. The van der Waals surface area contributed by atoms with Crippen molar-refractivity contribution >= 4 is 17.7 Å². The van der Waals surface area contributed by atoms with E-state index in [0.717, 1.165) is 6.54 Å². The number of carbonyl (C=O) groups is 1. The minimum absolute atomic E-state index is 0.0227. The molecule has 1 saturated heterocycles. The Morgan fingerprint density at radius 3 is 1.55 bits per heavy atom. The number of nitrogens with zero attached hydrogens (tertiary/aromatic N) is 1. The molecule has 1 fully saturated rings. The number of amides is 1. The van der Waals surface area contributed by atoms with Gasteiger partial charge in [0.15, 0.2) is 0 Å². The first-order chi connectivity index (χ1) is 14.1. The second-order valence-corrected chi connectivity index (χ2v) is 9.05. The van der Waals surface area contributed by atoms with Gasteiger partial charge < -0.3 is 10.2 Å². The Morgan fingerprint density at radius 1 is 0.793 bits per heavy atom. The van der Waals surface area contributed by atoms with Crippen LogP contribution >= 0.6 is 11.8 Å². The summed E-state index contributed by atoms with van der Waals surface area (Å²) in [5.41, 5.74) is 3.64. The van der Waals surface area contributed by atoms with Crippen LogP contribution in [0.1, 0.15) is 16.7 Å². The van der Waals surface area contributed by atoms with Crippen LogP contribution in [0.25, 0.3) is 0 Å². The molecule has 0 radical (unpaired) electrons. The zero-order valence-electron chi connectivity index (χ0n) is 16.8. The Balaban J connectivity index is 1.86. The molecule has 0 spiro atoms. The maximum absolute atomic E-state index is 12.3. The molecule has 3 nitrogen and oxygen atoms in total. The van der Waals surface area contributed by atoms with Gasteiger partial charge in [0, 0.05) is 6.54 Å². The number of hydrogen-bond donors (Lipinski definition) is 1. The highest BCUT2D eigenvalue weighted by molar-refractivity contribution is 8.01. The van der Waals surface area contributed by atoms with E-state index in [0.29, 0.717) is 0 Å². The van der Waals surface area contributed by atoms with Gasteiger partial charge in [-0.2, -0.15) is 0 Å². The quantitative estimate of drug-likeness (QED) is 0.471. The molecule has 4 rings (SSSR count). The van der Waals surface area contributed by atoms with Crippen LogP contribution in [0.5, 0.6) is 0 Å². The lowest BCUT2D eigenvalue weighted by atomic mass is 9.84. The van der Waals surface area contributed by atoms with Crippen molar-refractivity contribution in [3.8, 4) is 0 Å². The van der Waals surface area contributed by atoms with E-state index in [4.69, 9.17) is 0 Å². The predicted molar refractivity (Wildman–Crippen MR) is 121 cm³/mol. The number of hydrogen-bond acceptors (Lipinski definition) is 3. The molecule has 0 aromatic heterocycles. The lowest BCUT2D eigenvalue weighted by molar-refractivity contribution is -0.132. The summed E-state index contributed by atoms with van der Waals surface area (Å²) in [7, 11) is 4.04. The van der Waals surface area contributed by atoms with Crippen molar-refractivity contribution in [1.29, 1.82) is 0 Å². The van der Waals surface area contributed by atoms with E-state index in [2.05, 4.69) is 101 Å². The average Bonchev–Trinajstić information content (AvgIpc) is 2.77. The van der Waals surface area contributed by atoms with Crippen LogP contribution in [-0.4, -0.2) is 36.8 Å². The summed E-state index contributed by atoms with van der Waals surface area (Å²) in [4.78, 5) is 14.4. The summed E-state index contributed by atoms with van der Waals surface area (Å²) >= 11 is 1.83. The van der Waals surface area contributed by atoms with Crippen molar-refractivity contribution in [1.82, 2.24) is 10.2 Å². The fraction of sp³-hybridized carbons (Fsp3) is 0.240. The molecule has 3 aromatic carbocycles. The van der Waals surface area contributed by atoms with Crippen LogP contribution in [0.4, 0.5) is 0 Å². The Morgan fingerprint density at radius 2 is 1.21 bits per heavy atom. The van der Waals surface area contributed by atoms with Crippen LogP contribution in [0.2, 0.25) is 0 Å². The van der Waals surface area contributed by atoms with Crippen LogP contribution in [0.15, 0.2) is 91.0 Å². The van der Waals surface area contributed by atoms with Gasteiger partial charge in [0.2, 0.25) is 5.91 Å². The van der Waals surface area contributed by atoms with Gasteiger partial charge in [-0.05, 0) is 30.8 Å². The van der Waals surface area contributed by atoms with E-state index < -0.39 is 4.75 Å². The number of carbonyl (C=O) groups excluding carboxylic acids is 1. The van der Waals surface area contributed by atoms with E-state index in [1.807, 2.05) is 25.9 Å². The molecule has 1 heterocycles. The van der Waals surface area contributed by atoms with Gasteiger partial charge in [-0.25, -0.2) is 0 Å². The topological polar surface area (TPSA) is 32.3 Å². The number of thioether (sulfide) groups is 1. The summed E-state index contributed by atoms with van der Waals surface area (Å²) in [6.45, 7) is 0.748. The summed E-state index contributed by atoms with van der Waals surface area (Å²) in [6.07, 6.45) is 0. The third-order valence-electron chi connectivity index (χ3n) is 5.39. The lowest BCUT2D eigenvalue weighted by Gasteiger charge is -2.45. The first-order valence-corrected chi connectivity index (χ1v) is 10.8. The molecule has 0 aliphatic carbocycles. The molecule has 1 amide bonds. The van der Waals surface area contributed by atoms with Crippen molar-refractivity contribution in [2.75, 3.05) is 20.6 Å². The van der Waals surface area contributed by atoms with Crippen LogP contribution in [0, 0.1) is 5.92 Å². The average molecular weight is 403 g/mol. The number of rotatable bonds is 7. The molecular formula is C25H26N2OS. The van der Waals surface area contributed by atoms with Crippen LogP contribution in [-0.2, 0) is 9.54 Å². The number of β-lactam (4-membered cyclic amide) rings is 1. The molecule has 1 N–H and O–H groups in total. The maximum atomic E-state index is 12.3. The predicted octanol–water partition coefficient (Wildman–Crippen LogP) is 4.35. The van der Waals surface area contributed by atoms with Crippen LogP contribution < -0.4 is 5.32 Å². The Kier molecular flexibility index (Phi) is 5.74. The summed E-state index contributed by atoms with van der Waals surface area (Å²) in [6, 6.07) is 31.8. The van der Waals surface area contributed by atoms with E-state index in [9.17, 15) is 4.79 Å². The van der Waals surface area contributed by atoms with Crippen molar-refractivity contribution < 1.29 is 4.79 Å². The second kappa shape index (κ2) is 8.44. The Labute approximate surface area is 177 Å². The maximum Gasteiger partial charge on any atom is 0.228 e. The molecule has 1 aliphatic heterocycles. The molecular weight excluding hydrogens is 376 g/mol. The van der Waals surface area contributed by atoms with Gasteiger partial charge in [-0.15, -0.1) is 11.8 Å². The molecule has 29 heavy (non-hydrogen) atoms. The summed E-state index contributed by atoms with van der Waals surface area (Å²) in [5.74, 6) is 0.116. The highest BCUT2D eigenvalue weighted by atomic mass is 32.2. The third-order valence-corrected chi connectivity index (χ3v) is 7.15. The van der Waals surface area contributed by atoms with Gasteiger partial charge >= 0.3 is 0 Å². The van der Waals surface area contributed by atoms with Crippen molar-refractivity contribution in [3.63, 3.8) is 0 Å². The number of benzene rings is 3. The molecule has 2 atom stereocenters. The lowest BCUT2D eigenvalue weighted by Crippen LogP contribution is -2.60. The van der Waals surface area contributed by atoms with Crippen molar-refractivity contribution in [2.24, 2.45) is 5.92 Å². The SMILES string of the molecule is CN(C)C[C@@H]1C(=O)N[C@H]1SC(c1ccccc1)(c1ccccc1)c1ccccc1. The van der Waals surface area contributed by atoms with Crippen molar-refractivity contribution in [2.45, 2.75) is 10.1 Å². The van der Waals surface area contributed by atoms with Crippen LogP contribution in [0.3, 0.4) is 0 Å². The van der Waals surface area contributed by atoms with E-state index >= 15 is 0 Å². The normalized spacial score (nSPS) is 18.9. The fourth-order valence-electron chi connectivity index (χ4n) is 3.99. The van der Waals surface area contributed by atoms with Gasteiger partial charge in [-0.1, -0.05) is 91.0 Å². The van der Waals surface area contributed by atoms with Crippen molar-refractivity contribution in [3.05, 3.63) is 108 Å². The van der Waals surface area contributed by atoms with Gasteiger partial charge in [0.05, 0.1) is 16.0 Å². The van der Waals surface area contributed by atoms with E-state index in [-0.39, 0.29) is 17.2 Å². The smallest absolute Gasteiger partial charge is 0.228 e. The zero-order chi connectivity index (χ0) is 20.3. The fourth-order valence-corrected chi connectivity index (χ4v) is 5.73. The summed E-state index contributed by atoms with van der Waals surface area (Å²) in [5, 5.41) is 3.21. The standard InChI is InChI=1S/C25H26N2OS/c1-27(2)18-22-23(28)26-24(22)29-25(19-12-6-3-7-13-19,20-14-8-4-9-15-20)21-16-10-5-11-17-21/h3-17,22,24H,18H2,1-2H3,(H,26,28)/t22-,24+/m1/s1. The van der Waals surface area contributed by atoms with Gasteiger partial charge in [0.1, 0.15) is 0 Å². The highest BCUT2D eigenvalue weighted by Gasteiger charge is 2.47. The molecule has 0 saturated carbocycles. The van der Waals surface area contributed by atoms with Gasteiger partial charge in [0.25, 0.3) is 0 Å². The minimum Gasteiger partial charge on any atom is -0.343 e. The van der Waals surface area contributed by atoms with E-state index in [1.54, 1.807) is 0 Å². The Bertz CT molecular complexity index is 848. The molecule has 148 valence electrons. The monoisotopic (exact) mass is 402 g/mol. The zero-order valence-corrected chi connectivity index (χ0v) is 17.6. The first-order valence-electron chi connectivity index (χ1n) is 9.91. The molecule has 3 aromatic rings. The molecule has 0 unspecified atom stereocenters. The highest BCUT2D eigenvalue weighted by Crippen LogP contribution is 2.52. The minimum atomic E-state index is -0.410. The Hall–Kier alpha value is -2.56. The van der Waals surface area contributed by atoms with E-state index in [1.165, 1.54) is 16.7 Å². The largest absolute Gasteiger partial charge is 0.343 e. The third kappa shape index (κ3) is 3.83. The molecule has 4 heteroatoms. The number of nitrogens with one attached hydrogen (secondary N) is 1.